The minimum atomic E-state index is -4.65. The van der Waals surface area contributed by atoms with Gasteiger partial charge in [0.2, 0.25) is 0 Å². The van der Waals surface area contributed by atoms with Crippen LogP contribution in [0.3, 0.4) is 0 Å². The molecule has 22 heavy (non-hydrogen) atoms. The van der Waals surface area contributed by atoms with E-state index in [1.807, 2.05) is 0 Å². The molecule has 0 amide bonds. The van der Waals surface area contributed by atoms with Crippen molar-refractivity contribution in [1.29, 1.82) is 0 Å². The molecule has 122 valence electrons. The van der Waals surface area contributed by atoms with Crippen molar-refractivity contribution in [2.45, 2.75) is 31.3 Å². The molecule has 2 rings (SSSR count). The molecular weight excluding hydrogens is 306 g/mol. The summed E-state index contributed by atoms with van der Waals surface area (Å²) < 4.78 is 56.0. The van der Waals surface area contributed by atoms with E-state index in [4.69, 9.17) is 0 Å². The zero-order valence-electron chi connectivity index (χ0n) is 11.7. The summed E-state index contributed by atoms with van der Waals surface area (Å²) in [7, 11) is 1.19. The van der Waals surface area contributed by atoms with Gasteiger partial charge >= 0.3 is 12.1 Å². The predicted molar refractivity (Wildman–Crippen MR) is 68.2 cm³/mol. The number of ether oxygens (including phenoxy) is 1. The molecule has 1 aromatic carbocycles. The van der Waals surface area contributed by atoms with Crippen LogP contribution in [0.1, 0.15) is 17.5 Å². The van der Waals surface area contributed by atoms with Gasteiger partial charge in [0.25, 0.3) is 0 Å². The smallest absolute Gasteiger partial charge is 0.416 e. The fourth-order valence-electron chi connectivity index (χ4n) is 2.58. The van der Waals surface area contributed by atoms with Gasteiger partial charge in [-0.3, -0.25) is 9.69 Å². The van der Waals surface area contributed by atoms with Crippen LogP contribution in [0, 0.1) is 5.82 Å². The van der Waals surface area contributed by atoms with Gasteiger partial charge in [0.05, 0.1) is 18.8 Å². The summed E-state index contributed by atoms with van der Waals surface area (Å²) in [6, 6.07) is 1.48. The Bertz CT molecular complexity index is 562. The molecule has 0 bridgehead atoms. The van der Waals surface area contributed by atoms with Crippen LogP contribution in [0.4, 0.5) is 17.6 Å². The van der Waals surface area contributed by atoms with Crippen molar-refractivity contribution in [1.82, 2.24) is 4.90 Å². The quantitative estimate of drug-likeness (QED) is 0.683. The number of aliphatic hydroxyl groups excluding tert-OH is 1. The maximum Gasteiger partial charge on any atom is 0.416 e. The number of hydrogen-bond donors (Lipinski definition) is 1. The van der Waals surface area contributed by atoms with Gasteiger partial charge in [0, 0.05) is 19.5 Å². The number of alkyl halides is 3. The monoisotopic (exact) mass is 321 g/mol. The number of carbonyl (C=O) groups excluding carboxylic acids is 1. The van der Waals surface area contributed by atoms with E-state index >= 15 is 0 Å². The molecule has 1 aliphatic heterocycles. The molecule has 8 heteroatoms. The minimum Gasteiger partial charge on any atom is -0.468 e. The lowest BCUT2D eigenvalue weighted by Gasteiger charge is -2.22. The van der Waals surface area contributed by atoms with Gasteiger partial charge in [0.15, 0.2) is 0 Å². The second-order valence-corrected chi connectivity index (χ2v) is 5.20. The first-order valence-corrected chi connectivity index (χ1v) is 6.57. The van der Waals surface area contributed by atoms with Gasteiger partial charge in [0.1, 0.15) is 11.9 Å². The SMILES string of the molecule is COC(=O)[C@H]1C[C@H](O)CN1Cc1cc(F)cc(C(F)(F)F)c1. The van der Waals surface area contributed by atoms with E-state index in [1.165, 1.54) is 12.0 Å². The fourth-order valence-corrected chi connectivity index (χ4v) is 2.58. The van der Waals surface area contributed by atoms with Crippen LogP contribution in [0.15, 0.2) is 18.2 Å². The highest BCUT2D eigenvalue weighted by Gasteiger charge is 2.37. The molecular formula is C14H15F4NO3. The van der Waals surface area contributed by atoms with Crippen molar-refractivity contribution in [3.63, 3.8) is 0 Å². The number of carbonyl (C=O) groups is 1. The summed E-state index contributed by atoms with van der Waals surface area (Å²) in [5.74, 6) is -1.58. The molecule has 1 aromatic rings. The second-order valence-electron chi connectivity index (χ2n) is 5.20. The van der Waals surface area contributed by atoms with Gasteiger partial charge in [-0.2, -0.15) is 13.2 Å². The van der Waals surface area contributed by atoms with E-state index in [0.29, 0.717) is 6.07 Å². The van der Waals surface area contributed by atoms with Crippen LogP contribution in [0.2, 0.25) is 0 Å². The summed E-state index contributed by atoms with van der Waals surface area (Å²) in [6.45, 7) is 0.0231. The van der Waals surface area contributed by atoms with Gasteiger partial charge in [-0.05, 0) is 23.8 Å². The van der Waals surface area contributed by atoms with Crippen molar-refractivity contribution >= 4 is 5.97 Å². The highest BCUT2D eigenvalue weighted by Crippen LogP contribution is 2.31. The largest absolute Gasteiger partial charge is 0.468 e. The van der Waals surface area contributed by atoms with E-state index in [-0.39, 0.29) is 25.1 Å². The number of hydrogen-bond acceptors (Lipinski definition) is 4. The Kier molecular flexibility index (Phi) is 4.72. The van der Waals surface area contributed by atoms with Crippen molar-refractivity contribution in [2.24, 2.45) is 0 Å². The molecule has 1 aliphatic rings. The van der Waals surface area contributed by atoms with Crippen LogP contribution in [-0.4, -0.2) is 41.8 Å². The minimum absolute atomic E-state index is 0.0790. The molecule has 2 atom stereocenters. The Hall–Kier alpha value is -1.67. The number of β-amino-alcohol motifs (C(OH)–C–C–N with tert-alkyl or cyclic N) is 1. The van der Waals surface area contributed by atoms with E-state index in [0.717, 1.165) is 12.1 Å². The normalized spacial score (nSPS) is 22.8. The van der Waals surface area contributed by atoms with E-state index in [1.54, 1.807) is 0 Å². The topological polar surface area (TPSA) is 49.8 Å². The van der Waals surface area contributed by atoms with Crippen LogP contribution < -0.4 is 0 Å². The highest BCUT2D eigenvalue weighted by molar-refractivity contribution is 5.76. The number of aliphatic hydroxyl groups is 1. The summed E-state index contributed by atoms with van der Waals surface area (Å²) >= 11 is 0. The molecule has 0 radical (unpaired) electrons. The van der Waals surface area contributed by atoms with Crippen LogP contribution in [0.5, 0.6) is 0 Å². The van der Waals surface area contributed by atoms with Crippen molar-refractivity contribution in [2.75, 3.05) is 13.7 Å². The maximum atomic E-state index is 13.4. The standard InChI is InChI=1S/C14H15F4NO3/c1-22-13(21)12-5-11(20)7-19(12)6-8-2-9(14(16,17)18)4-10(15)3-8/h2-4,11-12,20H,5-7H2,1H3/t11-,12+/m0/s1. The molecule has 1 N–H and O–H groups in total. The number of rotatable bonds is 3. The van der Waals surface area contributed by atoms with Gasteiger partial charge in [-0.15, -0.1) is 0 Å². The number of halogens is 4. The molecule has 0 aromatic heterocycles. The van der Waals surface area contributed by atoms with Gasteiger partial charge in [-0.1, -0.05) is 0 Å². The number of nitrogens with zero attached hydrogens (tertiary/aromatic N) is 1. The van der Waals surface area contributed by atoms with E-state index in [9.17, 15) is 27.5 Å². The van der Waals surface area contributed by atoms with Crippen molar-refractivity contribution in [3.05, 3.63) is 35.1 Å². The zero-order chi connectivity index (χ0) is 16.5. The third-order valence-corrected chi connectivity index (χ3v) is 3.53. The average Bonchev–Trinajstić information content (AvgIpc) is 2.77. The lowest BCUT2D eigenvalue weighted by atomic mass is 10.1. The summed E-state index contributed by atoms with van der Waals surface area (Å²) in [5, 5.41) is 9.63. The van der Waals surface area contributed by atoms with Gasteiger partial charge < -0.3 is 9.84 Å². The Morgan fingerprint density at radius 2 is 2.09 bits per heavy atom. The number of methoxy groups -OCH3 is 1. The van der Waals surface area contributed by atoms with Crippen LogP contribution >= 0.6 is 0 Å². The molecule has 0 saturated carbocycles. The molecule has 1 saturated heterocycles. The van der Waals surface area contributed by atoms with Gasteiger partial charge in [-0.25, -0.2) is 4.39 Å². The fraction of sp³-hybridized carbons (Fsp3) is 0.500. The second kappa shape index (κ2) is 6.21. The van der Waals surface area contributed by atoms with E-state index < -0.39 is 35.7 Å². The lowest BCUT2D eigenvalue weighted by Crippen LogP contribution is -2.36. The first kappa shape index (κ1) is 16.7. The first-order valence-electron chi connectivity index (χ1n) is 6.57. The third-order valence-electron chi connectivity index (χ3n) is 3.53. The maximum absolute atomic E-state index is 13.4. The summed E-state index contributed by atoms with van der Waals surface area (Å²) in [5.41, 5.74) is -1.01. The molecule has 1 fully saturated rings. The highest BCUT2D eigenvalue weighted by atomic mass is 19.4. The number of likely N-dealkylation sites (tertiary alicyclic amines) is 1. The number of benzene rings is 1. The Morgan fingerprint density at radius 3 is 2.68 bits per heavy atom. The van der Waals surface area contributed by atoms with Crippen LogP contribution in [0.25, 0.3) is 0 Å². The average molecular weight is 321 g/mol. The lowest BCUT2D eigenvalue weighted by molar-refractivity contribution is -0.146. The predicted octanol–water partition coefficient (Wildman–Crippen LogP) is 1.95. The Labute approximate surface area is 124 Å². The molecule has 0 aliphatic carbocycles. The Morgan fingerprint density at radius 1 is 1.41 bits per heavy atom. The number of esters is 1. The van der Waals surface area contributed by atoms with Crippen LogP contribution in [-0.2, 0) is 22.3 Å². The third kappa shape index (κ3) is 3.75. The van der Waals surface area contributed by atoms with Crippen molar-refractivity contribution in [3.8, 4) is 0 Å². The first-order chi connectivity index (χ1) is 10.2. The van der Waals surface area contributed by atoms with E-state index in [2.05, 4.69) is 4.74 Å². The molecule has 0 spiro atoms. The molecule has 4 nitrogen and oxygen atoms in total. The summed E-state index contributed by atoms with van der Waals surface area (Å²) in [6.07, 6.45) is -5.29. The molecule has 1 heterocycles. The summed E-state index contributed by atoms with van der Waals surface area (Å²) in [4.78, 5) is 13.1. The Balaban J connectivity index is 2.22. The molecule has 0 unspecified atom stereocenters. The zero-order valence-corrected chi connectivity index (χ0v) is 11.7. The van der Waals surface area contributed by atoms with Crippen molar-refractivity contribution < 1.29 is 32.2 Å².